The molecule has 3 N–H and O–H groups in total. The highest BCUT2D eigenvalue weighted by Gasteiger charge is 2.27. The quantitative estimate of drug-likeness (QED) is 0.551. The topological polar surface area (TPSA) is 114 Å². The van der Waals surface area contributed by atoms with Gasteiger partial charge >= 0.3 is 0 Å². The molecular formula is C18H23N5O4. The molecule has 0 atom stereocenters. The average molecular weight is 373 g/mol. The van der Waals surface area contributed by atoms with E-state index in [1.807, 2.05) is 13.1 Å². The fourth-order valence-electron chi connectivity index (χ4n) is 2.70. The maximum absolute atomic E-state index is 12.7. The summed E-state index contributed by atoms with van der Waals surface area (Å²) in [6, 6.07) is 7.19. The van der Waals surface area contributed by atoms with Gasteiger partial charge in [0.05, 0.1) is 30.0 Å². The van der Waals surface area contributed by atoms with Crippen molar-refractivity contribution in [3.8, 4) is 5.75 Å². The van der Waals surface area contributed by atoms with Gasteiger partial charge < -0.3 is 20.3 Å². The van der Waals surface area contributed by atoms with Crippen LogP contribution in [0.1, 0.15) is 23.1 Å². The Labute approximate surface area is 156 Å². The van der Waals surface area contributed by atoms with Crippen LogP contribution >= 0.6 is 0 Å². The van der Waals surface area contributed by atoms with E-state index in [2.05, 4.69) is 15.5 Å². The highest BCUT2D eigenvalue weighted by molar-refractivity contribution is 6.05. The highest BCUT2D eigenvalue weighted by Crippen LogP contribution is 2.24. The zero-order chi connectivity index (χ0) is 19.6. The van der Waals surface area contributed by atoms with Crippen molar-refractivity contribution in [2.24, 2.45) is 14.1 Å². The number of aryl methyl sites for hydroxylation is 2. The number of ether oxygens (including phenoxy) is 1. The molecule has 0 aliphatic carbocycles. The first-order chi connectivity index (χ1) is 12.9. The molecule has 9 heteroatoms. The molecule has 2 heterocycles. The van der Waals surface area contributed by atoms with E-state index in [1.165, 1.54) is 4.68 Å². The van der Waals surface area contributed by atoms with Gasteiger partial charge in [0.25, 0.3) is 5.91 Å². The maximum atomic E-state index is 12.7. The lowest BCUT2D eigenvalue weighted by atomic mass is 10.0. The number of aliphatic hydroxyl groups is 2. The van der Waals surface area contributed by atoms with Gasteiger partial charge in [-0.1, -0.05) is 0 Å². The van der Waals surface area contributed by atoms with Gasteiger partial charge in [-0.25, -0.2) is 0 Å². The minimum atomic E-state index is -1.12. The number of carbonyl (C=O) groups excluding carboxylic acids is 1. The smallest absolute Gasteiger partial charge is 0.270 e. The van der Waals surface area contributed by atoms with Gasteiger partial charge in [0.2, 0.25) is 0 Å². The molecule has 1 amide bonds. The van der Waals surface area contributed by atoms with Gasteiger partial charge in [0, 0.05) is 25.7 Å². The minimum absolute atomic E-state index is 0.323. The van der Waals surface area contributed by atoms with Crippen molar-refractivity contribution in [3.63, 3.8) is 0 Å². The van der Waals surface area contributed by atoms with Crippen LogP contribution in [0.4, 0.5) is 0 Å². The number of benzene rings is 1. The largest absolute Gasteiger partial charge is 0.487 e. The van der Waals surface area contributed by atoms with Gasteiger partial charge in [-0.05, 0) is 31.2 Å². The van der Waals surface area contributed by atoms with Crippen LogP contribution in [0.15, 0.2) is 30.5 Å². The summed E-state index contributed by atoms with van der Waals surface area (Å²) in [6.45, 7) is 1.14. The van der Waals surface area contributed by atoms with Crippen LogP contribution in [0, 0.1) is 0 Å². The summed E-state index contributed by atoms with van der Waals surface area (Å²) >= 11 is 0. The lowest BCUT2D eigenvalue weighted by molar-refractivity contribution is 0.0717. The summed E-state index contributed by atoms with van der Waals surface area (Å²) in [4.78, 5) is 12.7. The molecule has 0 spiro atoms. The number of rotatable bonds is 7. The van der Waals surface area contributed by atoms with E-state index in [0.29, 0.717) is 29.0 Å². The van der Waals surface area contributed by atoms with Gasteiger partial charge in [-0.3, -0.25) is 14.2 Å². The number of aliphatic hydroxyl groups excluding tert-OH is 2. The van der Waals surface area contributed by atoms with Crippen molar-refractivity contribution in [2.75, 3.05) is 13.2 Å². The minimum Gasteiger partial charge on any atom is -0.487 e. The number of fused-ring (bicyclic) bond motifs is 1. The number of nitrogens with one attached hydrogen (secondary N) is 1. The lowest BCUT2D eigenvalue weighted by Gasteiger charge is -2.26. The molecule has 0 radical (unpaired) electrons. The molecular weight excluding hydrogens is 350 g/mol. The molecule has 0 fully saturated rings. The van der Waals surface area contributed by atoms with Crippen molar-refractivity contribution in [1.29, 1.82) is 0 Å². The van der Waals surface area contributed by atoms with E-state index in [9.17, 15) is 15.0 Å². The SMILES string of the molecule is Cn1nccc1COc1ccc2nn(C)c(C(=O)NC(C)(CO)CO)c2c1. The van der Waals surface area contributed by atoms with Crippen LogP contribution in [0.2, 0.25) is 0 Å². The Hall–Kier alpha value is -2.91. The number of hydrogen-bond acceptors (Lipinski definition) is 6. The monoisotopic (exact) mass is 373 g/mol. The summed E-state index contributed by atoms with van der Waals surface area (Å²) in [6.07, 6.45) is 1.70. The van der Waals surface area contributed by atoms with Crippen molar-refractivity contribution in [1.82, 2.24) is 24.9 Å². The summed E-state index contributed by atoms with van der Waals surface area (Å²) in [7, 11) is 3.51. The van der Waals surface area contributed by atoms with Crippen LogP contribution in [-0.2, 0) is 20.7 Å². The van der Waals surface area contributed by atoms with Gasteiger partial charge in [0.1, 0.15) is 18.1 Å². The van der Waals surface area contributed by atoms with Crippen LogP contribution in [-0.4, -0.2) is 54.4 Å². The Morgan fingerprint density at radius 1 is 1.22 bits per heavy atom. The predicted octanol–water partition coefficient (Wildman–Crippen LogP) is 0.359. The lowest BCUT2D eigenvalue weighted by Crippen LogP contribution is -2.52. The fraction of sp³-hybridized carbons (Fsp3) is 0.389. The first-order valence-corrected chi connectivity index (χ1v) is 8.47. The fourth-order valence-corrected chi connectivity index (χ4v) is 2.70. The third-order valence-corrected chi connectivity index (χ3v) is 4.44. The van der Waals surface area contributed by atoms with Crippen molar-refractivity contribution in [2.45, 2.75) is 19.1 Å². The zero-order valence-electron chi connectivity index (χ0n) is 15.5. The van der Waals surface area contributed by atoms with Crippen molar-refractivity contribution in [3.05, 3.63) is 41.9 Å². The Kier molecular flexibility index (Phi) is 5.15. The van der Waals surface area contributed by atoms with E-state index in [4.69, 9.17) is 4.74 Å². The molecule has 144 valence electrons. The molecule has 0 saturated carbocycles. The molecule has 0 bridgehead atoms. The van der Waals surface area contributed by atoms with Crippen molar-refractivity contribution < 1.29 is 19.7 Å². The second kappa shape index (κ2) is 7.37. The van der Waals surface area contributed by atoms with Gasteiger partial charge in [-0.15, -0.1) is 0 Å². The first kappa shape index (κ1) is 18.9. The number of amides is 1. The number of hydrogen-bond donors (Lipinski definition) is 3. The molecule has 0 aliphatic heterocycles. The zero-order valence-corrected chi connectivity index (χ0v) is 15.5. The van der Waals surface area contributed by atoms with Gasteiger partial charge in [0.15, 0.2) is 0 Å². The second-order valence-corrected chi connectivity index (χ2v) is 6.72. The summed E-state index contributed by atoms with van der Waals surface area (Å²) in [5.74, 6) is 0.159. The van der Waals surface area contributed by atoms with E-state index < -0.39 is 11.4 Å². The van der Waals surface area contributed by atoms with E-state index >= 15 is 0 Å². The van der Waals surface area contributed by atoms with Crippen LogP contribution < -0.4 is 10.1 Å². The standard InChI is InChI=1S/C18H23N5O4/c1-18(10-24,11-25)20-17(26)16-14-8-13(4-5-15(14)21-23(16)3)27-9-12-6-7-19-22(12)2/h4-8,24-25H,9-11H2,1-3H3,(H,20,26). The van der Waals surface area contributed by atoms with Crippen LogP contribution in [0.25, 0.3) is 10.9 Å². The molecule has 9 nitrogen and oxygen atoms in total. The molecule has 3 aromatic rings. The van der Waals surface area contributed by atoms with Gasteiger partial charge in [-0.2, -0.15) is 10.2 Å². The normalized spacial score (nSPS) is 11.7. The second-order valence-electron chi connectivity index (χ2n) is 6.72. The molecule has 0 aliphatic rings. The summed E-state index contributed by atoms with van der Waals surface area (Å²) < 4.78 is 9.02. The molecule has 3 rings (SSSR count). The molecule has 27 heavy (non-hydrogen) atoms. The van der Waals surface area contributed by atoms with Crippen LogP contribution in [0.5, 0.6) is 5.75 Å². The molecule has 1 aromatic carbocycles. The predicted molar refractivity (Wildman–Crippen MR) is 98.3 cm³/mol. The van der Waals surface area contributed by atoms with Crippen molar-refractivity contribution >= 4 is 16.8 Å². The Morgan fingerprint density at radius 2 is 1.96 bits per heavy atom. The molecule has 2 aromatic heterocycles. The third-order valence-electron chi connectivity index (χ3n) is 4.44. The van der Waals surface area contributed by atoms with Crippen LogP contribution in [0.3, 0.4) is 0 Å². The number of carbonyl (C=O) groups is 1. The summed E-state index contributed by atoms with van der Waals surface area (Å²) in [5, 5.41) is 30.6. The van der Waals surface area contributed by atoms with E-state index in [1.54, 1.807) is 43.0 Å². The Morgan fingerprint density at radius 3 is 2.59 bits per heavy atom. The highest BCUT2D eigenvalue weighted by atomic mass is 16.5. The van der Waals surface area contributed by atoms with E-state index in [-0.39, 0.29) is 13.2 Å². The average Bonchev–Trinajstić information content (AvgIpc) is 3.21. The van der Waals surface area contributed by atoms with E-state index in [0.717, 1.165) is 5.69 Å². The molecule has 0 saturated heterocycles. The number of aromatic nitrogens is 4. The Bertz CT molecular complexity index is 958. The maximum Gasteiger partial charge on any atom is 0.270 e. The molecule has 0 unspecified atom stereocenters. The summed E-state index contributed by atoms with van der Waals surface area (Å²) in [5.41, 5.74) is 0.761. The first-order valence-electron chi connectivity index (χ1n) is 8.47. The third kappa shape index (κ3) is 3.79. The number of nitrogens with zero attached hydrogens (tertiary/aromatic N) is 4. The Balaban J connectivity index is 1.88.